The van der Waals surface area contributed by atoms with Crippen LogP contribution in [0.1, 0.15) is 0 Å². The molecular formula is C24H15F2NO3. The SMILES string of the molecule is Oc1ccc(-c2ccc3c(c2)Oc2cc(-c4ccc(O)c(F)c4)ccc2N3)cc1F. The van der Waals surface area contributed by atoms with E-state index in [4.69, 9.17) is 4.74 Å². The maximum absolute atomic E-state index is 13.7. The normalized spacial score (nSPS) is 11.8. The molecule has 148 valence electrons. The van der Waals surface area contributed by atoms with Crippen LogP contribution in [0.5, 0.6) is 23.0 Å². The largest absolute Gasteiger partial charge is 0.505 e. The molecule has 0 spiro atoms. The number of phenols is 2. The van der Waals surface area contributed by atoms with Crippen molar-refractivity contribution in [1.29, 1.82) is 0 Å². The van der Waals surface area contributed by atoms with Gasteiger partial charge in [-0.25, -0.2) is 8.78 Å². The summed E-state index contributed by atoms with van der Waals surface area (Å²) in [5.74, 6) is -1.07. The molecule has 4 nitrogen and oxygen atoms in total. The summed E-state index contributed by atoms with van der Waals surface area (Å²) < 4.78 is 33.5. The van der Waals surface area contributed by atoms with Crippen molar-refractivity contribution in [3.8, 4) is 45.3 Å². The molecule has 0 fully saturated rings. The van der Waals surface area contributed by atoms with E-state index in [0.717, 1.165) is 22.5 Å². The molecule has 3 N–H and O–H groups in total. The fraction of sp³-hybridized carbons (Fsp3) is 0. The summed E-state index contributed by atoms with van der Waals surface area (Å²) in [7, 11) is 0. The van der Waals surface area contributed by atoms with Crippen LogP contribution < -0.4 is 10.1 Å². The highest BCUT2D eigenvalue weighted by Crippen LogP contribution is 2.45. The van der Waals surface area contributed by atoms with Gasteiger partial charge in [-0.1, -0.05) is 24.3 Å². The van der Waals surface area contributed by atoms with Gasteiger partial charge in [-0.15, -0.1) is 0 Å². The number of fused-ring (bicyclic) bond motifs is 2. The minimum Gasteiger partial charge on any atom is -0.505 e. The molecule has 5 rings (SSSR count). The van der Waals surface area contributed by atoms with Crippen molar-refractivity contribution in [2.75, 3.05) is 5.32 Å². The van der Waals surface area contributed by atoms with Crippen molar-refractivity contribution < 1.29 is 23.7 Å². The van der Waals surface area contributed by atoms with Gasteiger partial charge in [-0.3, -0.25) is 0 Å². The molecule has 6 heteroatoms. The van der Waals surface area contributed by atoms with Crippen molar-refractivity contribution in [2.24, 2.45) is 0 Å². The monoisotopic (exact) mass is 403 g/mol. The minimum atomic E-state index is -0.694. The second-order valence-electron chi connectivity index (χ2n) is 6.98. The van der Waals surface area contributed by atoms with Crippen molar-refractivity contribution in [3.05, 3.63) is 84.4 Å². The van der Waals surface area contributed by atoms with E-state index >= 15 is 0 Å². The summed E-state index contributed by atoms with van der Waals surface area (Å²) >= 11 is 0. The number of hydrogen-bond donors (Lipinski definition) is 3. The van der Waals surface area contributed by atoms with Gasteiger partial charge in [0.1, 0.15) is 0 Å². The van der Waals surface area contributed by atoms with Gasteiger partial charge in [-0.2, -0.15) is 0 Å². The topological polar surface area (TPSA) is 61.7 Å². The molecule has 0 radical (unpaired) electrons. The molecular weight excluding hydrogens is 388 g/mol. The highest BCUT2D eigenvalue weighted by molar-refractivity contribution is 5.81. The fourth-order valence-corrected chi connectivity index (χ4v) is 3.42. The van der Waals surface area contributed by atoms with E-state index in [2.05, 4.69) is 5.32 Å². The first-order chi connectivity index (χ1) is 14.5. The number of anilines is 2. The van der Waals surface area contributed by atoms with E-state index in [-0.39, 0.29) is 0 Å². The Labute approximate surface area is 170 Å². The number of phenolic OH excluding ortho intramolecular Hbond substituents is 2. The van der Waals surface area contributed by atoms with Gasteiger partial charge < -0.3 is 20.3 Å². The molecule has 30 heavy (non-hydrogen) atoms. The lowest BCUT2D eigenvalue weighted by Crippen LogP contribution is -2.03. The minimum absolute atomic E-state index is 0.401. The number of nitrogens with one attached hydrogen (secondary N) is 1. The fourth-order valence-electron chi connectivity index (χ4n) is 3.42. The summed E-state index contributed by atoms with van der Waals surface area (Å²) in [5, 5.41) is 22.1. The predicted molar refractivity (Wildman–Crippen MR) is 110 cm³/mol. The van der Waals surface area contributed by atoms with E-state index in [1.54, 1.807) is 24.3 Å². The Morgan fingerprint density at radius 3 is 1.40 bits per heavy atom. The second kappa shape index (κ2) is 6.77. The molecule has 0 bridgehead atoms. The maximum Gasteiger partial charge on any atom is 0.165 e. The van der Waals surface area contributed by atoms with Crippen LogP contribution in [0.2, 0.25) is 0 Å². The average molecular weight is 403 g/mol. The number of benzene rings is 4. The standard InChI is InChI=1S/C24H15F2NO3/c25-17-9-13(3-7-21(17)28)15-1-5-19-23(11-15)30-24-12-16(2-6-20(24)27-19)14-4-8-22(29)18(26)10-14/h1-12,27-29H. The Kier molecular flexibility index (Phi) is 4.06. The lowest BCUT2D eigenvalue weighted by molar-refractivity contribution is 0.432. The Balaban J connectivity index is 1.50. The van der Waals surface area contributed by atoms with Crippen LogP contribution in [0.25, 0.3) is 22.3 Å². The number of hydrogen-bond acceptors (Lipinski definition) is 4. The smallest absolute Gasteiger partial charge is 0.165 e. The first kappa shape index (κ1) is 18.0. The van der Waals surface area contributed by atoms with Crippen LogP contribution in [0, 0.1) is 11.6 Å². The van der Waals surface area contributed by atoms with Crippen molar-refractivity contribution in [3.63, 3.8) is 0 Å². The van der Waals surface area contributed by atoms with Gasteiger partial charge >= 0.3 is 0 Å². The average Bonchev–Trinajstić information content (AvgIpc) is 2.75. The van der Waals surface area contributed by atoms with E-state index in [1.165, 1.54) is 24.3 Å². The van der Waals surface area contributed by atoms with Gasteiger partial charge in [0.15, 0.2) is 34.6 Å². The molecule has 0 amide bonds. The Morgan fingerprint density at radius 1 is 0.567 bits per heavy atom. The summed E-state index contributed by atoms with van der Waals surface area (Å²) in [6, 6.07) is 19.3. The molecule has 1 aliphatic heterocycles. The molecule has 4 aromatic carbocycles. The van der Waals surface area contributed by atoms with Crippen molar-refractivity contribution in [2.45, 2.75) is 0 Å². The molecule has 0 aromatic heterocycles. The van der Waals surface area contributed by atoms with Crippen LogP contribution in [0.4, 0.5) is 20.2 Å². The van der Waals surface area contributed by atoms with Crippen LogP contribution in [-0.4, -0.2) is 10.2 Å². The first-order valence-corrected chi connectivity index (χ1v) is 9.19. The van der Waals surface area contributed by atoms with Gasteiger partial charge in [0.25, 0.3) is 0 Å². The summed E-state index contributed by atoms with van der Waals surface area (Å²) in [6.07, 6.45) is 0. The third-order valence-electron chi connectivity index (χ3n) is 5.01. The predicted octanol–water partition coefficient (Wildman–Crippen LogP) is 6.56. The van der Waals surface area contributed by atoms with Crippen LogP contribution in [0.3, 0.4) is 0 Å². The molecule has 4 aromatic rings. The molecule has 0 saturated carbocycles. The quantitative estimate of drug-likeness (QED) is 0.312. The third kappa shape index (κ3) is 3.08. The number of halogens is 2. The van der Waals surface area contributed by atoms with Gasteiger partial charge in [0.2, 0.25) is 0 Å². The Morgan fingerprint density at radius 2 is 0.967 bits per heavy atom. The zero-order valence-electron chi connectivity index (χ0n) is 15.5. The van der Waals surface area contributed by atoms with E-state index in [1.807, 2.05) is 24.3 Å². The Bertz CT molecular complexity index is 1200. The van der Waals surface area contributed by atoms with Crippen LogP contribution in [-0.2, 0) is 0 Å². The number of aromatic hydroxyl groups is 2. The van der Waals surface area contributed by atoms with E-state index in [0.29, 0.717) is 22.6 Å². The van der Waals surface area contributed by atoms with E-state index in [9.17, 15) is 19.0 Å². The van der Waals surface area contributed by atoms with Crippen LogP contribution >= 0.6 is 0 Å². The molecule has 1 heterocycles. The molecule has 0 saturated heterocycles. The van der Waals surface area contributed by atoms with E-state index < -0.39 is 23.1 Å². The summed E-state index contributed by atoms with van der Waals surface area (Å²) in [6.45, 7) is 0. The molecule has 1 aliphatic rings. The number of rotatable bonds is 2. The first-order valence-electron chi connectivity index (χ1n) is 9.19. The van der Waals surface area contributed by atoms with Gasteiger partial charge in [0, 0.05) is 0 Å². The molecule has 0 atom stereocenters. The lowest BCUT2D eigenvalue weighted by Gasteiger charge is -2.23. The van der Waals surface area contributed by atoms with Crippen molar-refractivity contribution in [1.82, 2.24) is 0 Å². The third-order valence-corrected chi connectivity index (χ3v) is 5.01. The summed E-state index contributed by atoms with van der Waals surface area (Å²) in [5.41, 5.74) is 4.19. The number of ether oxygens (including phenoxy) is 1. The van der Waals surface area contributed by atoms with Gasteiger partial charge in [0.05, 0.1) is 11.4 Å². The highest BCUT2D eigenvalue weighted by Gasteiger charge is 2.18. The zero-order chi connectivity index (χ0) is 20.8. The van der Waals surface area contributed by atoms with Crippen LogP contribution in [0.15, 0.2) is 72.8 Å². The molecule has 0 unspecified atom stereocenters. The van der Waals surface area contributed by atoms with Crippen molar-refractivity contribution >= 4 is 11.4 Å². The highest BCUT2D eigenvalue weighted by atomic mass is 19.1. The maximum atomic E-state index is 13.7. The lowest BCUT2D eigenvalue weighted by atomic mass is 10.0. The zero-order valence-corrected chi connectivity index (χ0v) is 15.5. The Hall–Kier alpha value is -4.06. The molecule has 0 aliphatic carbocycles. The summed E-state index contributed by atoms with van der Waals surface area (Å²) in [4.78, 5) is 0. The second-order valence-corrected chi connectivity index (χ2v) is 6.98. The van der Waals surface area contributed by atoms with Gasteiger partial charge in [-0.05, 0) is 70.8 Å².